The van der Waals surface area contributed by atoms with Crippen LogP contribution in [0.15, 0.2) is 24.3 Å². The second kappa shape index (κ2) is 10.1. The van der Waals surface area contributed by atoms with E-state index in [1.807, 2.05) is 31.2 Å². The van der Waals surface area contributed by atoms with Gasteiger partial charge in [-0.3, -0.25) is 9.59 Å². The number of unbranched alkanes of at least 4 members (excludes halogenated alkanes) is 3. The van der Waals surface area contributed by atoms with Gasteiger partial charge in [0.25, 0.3) is 0 Å². The van der Waals surface area contributed by atoms with Crippen LogP contribution in [0.4, 0.5) is 0 Å². The van der Waals surface area contributed by atoms with Crippen LogP contribution in [-0.2, 0) is 27.2 Å². The Hall–Kier alpha value is -1.64. The second-order valence-electron chi connectivity index (χ2n) is 5.97. The van der Waals surface area contributed by atoms with Crippen LogP contribution in [0, 0.1) is 5.92 Å². The molecule has 0 unspecified atom stereocenters. The fourth-order valence-corrected chi connectivity index (χ4v) is 2.50. The Balaban J connectivity index is 2.41. The van der Waals surface area contributed by atoms with E-state index in [2.05, 4.69) is 6.92 Å². The van der Waals surface area contributed by atoms with Crippen LogP contribution in [0.5, 0.6) is 0 Å². The van der Waals surface area contributed by atoms with E-state index in [1.54, 1.807) is 0 Å². The summed E-state index contributed by atoms with van der Waals surface area (Å²) < 4.78 is 4.73. The number of hydrogen-bond acceptors (Lipinski definition) is 3. The van der Waals surface area contributed by atoms with Gasteiger partial charge < -0.3 is 4.74 Å². The molecule has 1 atom stereocenters. The molecule has 0 aromatic heterocycles. The first kappa shape index (κ1) is 18.4. The van der Waals surface area contributed by atoms with Gasteiger partial charge in [0.05, 0.1) is 13.0 Å². The number of methoxy groups -OCH3 is 1. The lowest BCUT2D eigenvalue weighted by atomic mass is 9.98. The molecule has 3 heteroatoms. The van der Waals surface area contributed by atoms with Crippen LogP contribution in [0.25, 0.3) is 0 Å². The molecule has 22 heavy (non-hydrogen) atoms. The maximum absolute atomic E-state index is 11.9. The summed E-state index contributed by atoms with van der Waals surface area (Å²) in [6, 6.07) is 7.98. The van der Waals surface area contributed by atoms with Crippen molar-refractivity contribution >= 4 is 11.8 Å². The van der Waals surface area contributed by atoms with E-state index in [1.165, 1.54) is 20.0 Å². The average molecular weight is 304 g/mol. The Morgan fingerprint density at radius 1 is 1.05 bits per heavy atom. The highest BCUT2D eigenvalue weighted by Crippen LogP contribution is 2.13. The Bertz CT molecular complexity index is 462. The fourth-order valence-electron chi connectivity index (χ4n) is 2.50. The fraction of sp³-hybridized carbons (Fsp3) is 0.579. The molecule has 0 aliphatic heterocycles. The molecule has 0 saturated carbocycles. The second-order valence-corrected chi connectivity index (χ2v) is 5.97. The van der Waals surface area contributed by atoms with E-state index in [0.29, 0.717) is 25.0 Å². The van der Waals surface area contributed by atoms with Crippen molar-refractivity contribution < 1.29 is 14.3 Å². The summed E-state index contributed by atoms with van der Waals surface area (Å²) in [7, 11) is 1.41. The van der Waals surface area contributed by atoms with Gasteiger partial charge in [-0.15, -0.1) is 0 Å². The smallest absolute Gasteiger partial charge is 0.308 e. The normalized spacial score (nSPS) is 12.0. The van der Waals surface area contributed by atoms with Crippen molar-refractivity contribution in [2.75, 3.05) is 7.11 Å². The van der Waals surface area contributed by atoms with Crippen LogP contribution in [0.3, 0.4) is 0 Å². The predicted molar refractivity (Wildman–Crippen MR) is 88.8 cm³/mol. The van der Waals surface area contributed by atoms with Gasteiger partial charge in [-0.25, -0.2) is 0 Å². The molecule has 1 aromatic rings. The average Bonchev–Trinajstić information content (AvgIpc) is 2.52. The van der Waals surface area contributed by atoms with Gasteiger partial charge in [-0.05, 0) is 24.0 Å². The Morgan fingerprint density at radius 2 is 1.68 bits per heavy atom. The number of carbonyl (C=O) groups is 2. The van der Waals surface area contributed by atoms with Crippen LogP contribution in [0.2, 0.25) is 0 Å². The van der Waals surface area contributed by atoms with Crippen molar-refractivity contribution in [3.63, 3.8) is 0 Å². The van der Waals surface area contributed by atoms with Crippen molar-refractivity contribution in [1.29, 1.82) is 0 Å². The third-order valence-corrected chi connectivity index (χ3v) is 3.88. The van der Waals surface area contributed by atoms with Crippen molar-refractivity contribution in [3.05, 3.63) is 35.4 Å². The zero-order valence-corrected chi connectivity index (χ0v) is 14.1. The molecule has 0 spiro atoms. The monoisotopic (exact) mass is 304 g/mol. The maximum atomic E-state index is 11.9. The number of ether oxygens (including phenoxy) is 1. The van der Waals surface area contributed by atoms with E-state index >= 15 is 0 Å². The van der Waals surface area contributed by atoms with E-state index in [4.69, 9.17) is 4.74 Å². The molecular formula is C19H28O3. The zero-order chi connectivity index (χ0) is 16.4. The first-order valence-corrected chi connectivity index (χ1v) is 8.24. The molecule has 0 amide bonds. The van der Waals surface area contributed by atoms with E-state index < -0.39 is 0 Å². The third kappa shape index (κ3) is 6.88. The summed E-state index contributed by atoms with van der Waals surface area (Å²) in [4.78, 5) is 23.3. The van der Waals surface area contributed by atoms with E-state index in [9.17, 15) is 9.59 Å². The van der Waals surface area contributed by atoms with Crippen LogP contribution >= 0.6 is 0 Å². The molecule has 1 aromatic carbocycles. The molecule has 0 fully saturated rings. The van der Waals surface area contributed by atoms with Gasteiger partial charge in [0.1, 0.15) is 5.78 Å². The summed E-state index contributed by atoms with van der Waals surface area (Å²) in [6.45, 7) is 4.03. The summed E-state index contributed by atoms with van der Waals surface area (Å²) in [5.41, 5.74) is 2.15. The van der Waals surface area contributed by atoms with Gasteiger partial charge in [-0.2, -0.15) is 0 Å². The van der Waals surface area contributed by atoms with E-state index in [0.717, 1.165) is 24.0 Å². The molecule has 0 radical (unpaired) electrons. The lowest BCUT2D eigenvalue weighted by Crippen LogP contribution is -2.15. The first-order chi connectivity index (χ1) is 10.6. The molecule has 0 N–H and O–H groups in total. The first-order valence-electron chi connectivity index (χ1n) is 8.24. The Morgan fingerprint density at radius 3 is 2.27 bits per heavy atom. The Labute approximate surface area is 134 Å². The summed E-state index contributed by atoms with van der Waals surface area (Å²) in [6.07, 6.45) is 6.41. The maximum Gasteiger partial charge on any atom is 0.308 e. The zero-order valence-electron chi connectivity index (χ0n) is 14.1. The van der Waals surface area contributed by atoms with Gasteiger partial charge >= 0.3 is 5.97 Å². The van der Waals surface area contributed by atoms with Crippen LogP contribution < -0.4 is 0 Å². The molecule has 122 valence electrons. The minimum absolute atomic E-state index is 0.143. The predicted octanol–water partition coefficient (Wildman–Crippen LogP) is 4.12. The van der Waals surface area contributed by atoms with E-state index in [-0.39, 0.29) is 11.9 Å². The minimum Gasteiger partial charge on any atom is -0.469 e. The van der Waals surface area contributed by atoms with Crippen molar-refractivity contribution in [2.24, 2.45) is 5.92 Å². The molecular weight excluding hydrogens is 276 g/mol. The standard InChI is InChI=1S/C19H28O3/c1-4-5-6-7-8-18(20)14-17-11-9-16(10-12-17)13-15(2)19(21)22-3/h9-12,15H,4-8,13-14H2,1-3H3/t15-/m0/s1. The molecule has 3 nitrogen and oxygen atoms in total. The third-order valence-electron chi connectivity index (χ3n) is 3.88. The van der Waals surface area contributed by atoms with Crippen molar-refractivity contribution in [3.8, 4) is 0 Å². The van der Waals surface area contributed by atoms with Crippen molar-refractivity contribution in [1.82, 2.24) is 0 Å². The molecule has 0 heterocycles. The topological polar surface area (TPSA) is 43.4 Å². The quantitative estimate of drug-likeness (QED) is 0.482. The highest BCUT2D eigenvalue weighted by molar-refractivity contribution is 5.80. The molecule has 0 bridgehead atoms. The number of ketones is 1. The van der Waals surface area contributed by atoms with Gasteiger partial charge in [0.2, 0.25) is 0 Å². The van der Waals surface area contributed by atoms with Crippen LogP contribution in [-0.4, -0.2) is 18.9 Å². The van der Waals surface area contributed by atoms with Crippen molar-refractivity contribution in [2.45, 2.75) is 58.8 Å². The highest BCUT2D eigenvalue weighted by atomic mass is 16.5. The number of hydrogen-bond donors (Lipinski definition) is 0. The highest BCUT2D eigenvalue weighted by Gasteiger charge is 2.13. The summed E-state index contributed by atoms with van der Waals surface area (Å²) >= 11 is 0. The number of carbonyl (C=O) groups excluding carboxylic acids is 2. The molecule has 0 aliphatic carbocycles. The summed E-state index contributed by atoms with van der Waals surface area (Å²) in [5.74, 6) is -0.0193. The van der Waals surface area contributed by atoms with Gasteiger partial charge in [0, 0.05) is 12.8 Å². The molecule has 0 aliphatic rings. The number of rotatable bonds is 10. The SMILES string of the molecule is CCCCCCC(=O)Cc1ccc(C[C@H](C)C(=O)OC)cc1. The number of Topliss-reactive ketones (excluding diaryl/α,β-unsaturated/α-hetero) is 1. The Kier molecular flexibility index (Phi) is 8.49. The number of esters is 1. The lowest BCUT2D eigenvalue weighted by molar-refractivity contribution is -0.144. The largest absolute Gasteiger partial charge is 0.469 e. The number of benzene rings is 1. The van der Waals surface area contributed by atoms with Crippen LogP contribution in [0.1, 0.15) is 57.1 Å². The minimum atomic E-state index is -0.189. The molecule has 1 rings (SSSR count). The lowest BCUT2D eigenvalue weighted by Gasteiger charge is -2.09. The van der Waals surface area contributed by atoms with Gasteiger partial charge in [-0.1, -0.05) is 57.4 Å². The molecule has 0 saturated heterocycles. The van der Waals surface area contributed by atoms with Gasteiger partial charge in [0.15, 0.2) is 0 Å². The summed E-state index contributed by atoms with van der Waals surface area (Å²) in [5, 5.41) is 0.